The lowest BCUT2D eigenvalue weighted by Crippen LogP contribution is -2.22. The molecular formula is C12H14ClNO2. The van der Waals surface area contributed by atoms with Crippen molar-refractivity contribution in [2.75, 3.05) is 11.9 Å². The van der Waals surface area contributed by atoms with Crippen LogP contribution in [0.4, 0.5) is 5.69 Å². The number of amides is 1. The largest absolute Gasteiger partial charge is 0.376 e. The summed E-state index contributed by atoms with van der Waals surface area (Å²) >= 11 is 5.72. The number of rotatable bonds is 2. The highest BCUT2D eigenvalue weighted by molar-refractivity contribution is 6.32. The number of carbonyl (C=O) groups is 1. The number of anilines is 1. The van der Waals surface area contributed by atoms with E-state index in [2.05, 4.69) is 11.4 Å². The van der Waals surface area contributed by atoms with Crippen molar-refractivity contribution in [3.63, 3.8) is 0 Å². The van der Waals surface area contributed by atoms with Crippen molar-refractivity contribution in [3.8, 4) is 0 Å². The highest BCUT2D eigenvalue weighted by atomic mass is 35.5. The van der Waals surface area contributed by atoms with E-state index in [9.17, 15) is 4.79 Å². The molecule has 86 valence electrons. The topological polar surface area (TPSA) is 38.3 Å². The first kappa shape index (κ1) is 11.4. The molecule has 0 saturated carbocycles. The third kappa shape index (κ3) is 2.36. The van der Waals surface area contributed by atoms with E-state index in [1.54, 1.807) is 6.92 Å². The molecule has 1 atom stereocenters. The molecule has 1 N–H and O–H groups in total. The predicted octanol–water partition coefficient (Wildman–Crippen LogP) is 2.33. The molecule has 1 aliphatic heterocycles. The SMILES string of the molecule is CC(Cl)C(=O)Nc1cccc2c1COCC2. The van der Waals surface area contributed by atoms with Crippen LogP contribution in [0.2, 0.25) is 0 Å². The molecule has 3 nitrogen and oxygen atoms in total. The van der Waals surface area contributed by atoms with Crippen LogP contribution in [0.5, 0.6) is 0 Å². The molecule has 0 spiro atoms. The van der Waals surface area contributed by atoms with E-state index in [-0.39, 0.29) is 5.91 Å². The van der Waals surface area contributed by atoms with Gasteiger partial charge in [-0.05, 0) is 25.0 Å². The van der Waals surface area contributed by atoms with Crippen LogP contribution in [0.3, 0.4) is 0 Å². The Morgan fingerprint density at radius 2 is 2.38 bits per heavy atom. The zero-order valence-corrected chi connectivity index (χ0v) is 9.88. The highest BCUT2D eigenvalue weighted by Gasteiger charge is 2.16. The first-order valence-corrected chi connectivity index (χ1v) is 5.75. The van der Waals surface area contributed by atoms with Crippen molar-refractivity contribution in [2.45, 2.75) is 25.3 Å². The van der Waals surface area contributed by atoms with Crippen molar-refractivity contribution >= 4 is 23.2 Å². The Labute approximate surface area is 99.7 Å². The fourth-order valence-corrected chi connectivity index (χ4v) is 1.80. The Bertz CT molecular complexity index is 404. The van der Waals surface area contributed by atoms with E-state index in [1.165, 1.54) is 5.56 Å². The fraction of sp³-hybridized carbons (Fsp3) is 0.417. The van der Waals surface area contributed by atoms with E-state index >= 15 is 0 Å². The highest BCUT2D eigenvalue weighted by Crippen LogP contribution is 2.25. The number of halogens is 1. The average Bonchev–Trinajstić information content (AvgIpc) is 2.29. The smallest absolute Gasteiger partial charge is 0.242 e. The summed E-state index contributed by atoms with van der Waals surface area (Å²) in [5.74, 6) is -0.180. The van der Waals surface area contributed by atoms with Gasteiger partial charge in [-0.15, -0.1) is 11.6 Å². The van der Waals surface area contributed by atoms with Crippen LogP contribution in [0, 0.1) is 0 Å². The number of carbonyl (C=O) groups excluding carboxylic acids is 1. The summed E-state index contributed by atoms with van der Waals surface area (Å²) in [6.45, 7) is 2.96. The first-order valence-electron chi connectivity index (χ1n) is 5.32. The lowest BCUT2D eigenvalue weighted by molar-refractivity contribution is -0.115. The summed E-state index contributed by atoms with van der Waals surface area (Å²) < 4.78 is 5.39. The molecule has 0 aromatic heterocycles. The van der Waals surface area contributed by atoms with Gasteiger partial charge >= 0.3 is 0 Å². The number of nitrogens with one attached hydrogen (secondary N) is 1. The van der Waals surface area contributed by atoms with Crippen LogP contribution in [0.15, 0.2) is 18.2 Å². The fourth-order valence-electron chi connectivity index (χ4n) is 1.74. The maximum absolute atomic E-state index is 11.5. The van der Waals surface area contributed by atoms with E-state index in [4.69, 9.17) is 16.3 Å². The second-order valence-electron chi connectivity index (χ2n) is 3.85. The molecule has 1 aromatic carbocycles. The lowest BCUT2D eigenvalue weighted by Gasteiger charge is -2.20. The van der Waals surface area contributed by atoms with Gasteiger partial charge in [-0.3, -0.25) is 4.79 Å². The second-order valence-corrected chi connectivity index (χ2v) is 4.51. The van der Waals surface area contributed by atoms with Crippen LogP contribution in [-0.4, -0.2) is 17.9 Å². The summed E-state index contributed by atoms with van der Waals surface area (Å²) in [5, 5.41) is 2.29. The van der Waals surface area contributed by atoms with E-state index in [1.807, 2.05) is 12.1 Å². The normalized spacial score (nSPS) is 16.4. The van der Waals surface area contributed by atoms with Gasteiger partial charge in [0, 0.05) is 11.3 Å². The van der Waals surface area contributed by atoms with Gasteiger partial charge in [0.25, 0.3) is 0 Å². The summed E-state index contributed by atoms with van der Waals surface area (Å²) in [6.07, 6.45) is 0.898. The minimum absolute atomic E-state index is 0.180. The standard InChI is InChI=1S/C12H14ClNO2/c1-8(13)12(15)14-11-4-2-3-9-5-6-16-7-10(9)11/h2-4,8H,5-7H2,1H3,(H,14,15). The van der Waals surface area contributed by atoms with Gasteiger partial charge < -0.3 is 10.1 Å². The Morgan fingerprint density at radius 1 is 1.56 bits per heavy atom. The van der Waals surface area contributed by atoms with Crippen LogP contribution in [-0.2, 0) is 22.6 Å². The molecule has 0 aliphatic carbocycles. The summed E-state index contributed by atoms with van der Waals surface area (Å²) in [5.41, 5.74) is 3.13. The molecule has 1 aromatic rings. The number of hydrogen-bond donors (Lipinski definition) is 1. The monoisotopic (exact) mass is 239 g/mol. The average molecular weight is 240 g/mol. The molecule has 1 aliphatic rings. The lowest BCUT2D eigenvalue weighted by atomic mass is 10.0. The van der Waals surface area contributed by atoms with Crippen LogP contribution >= 0.6 is 11.6 Å². The zero-order valence-electron chi connectivity index (χ0n) is 9.13. The summed E-state index contributed by atoms with van der Waals surface area (Å²) in [6, 6.07) is 5.89. The number of fused-ring (bicyclic) bond motifs is 1. The van der Waals surface area contributed by atoms with E-state index in [0.717, 1.165) is 24.3 Å². The quantitative estimate of drug-likeness (QED) is 0.805. The predicted molar refractivity (Wildman–Crippen MR) is 63.7 cm³/mol. The molecule has 0 fully saturated rings. The molecule has 0 saturated heterocycles. The number of hydrogen-bond acceptors (Lipinski definition) is 2. The molecule has 1 amide bonds. The first-order chi connectivity index (χ1) is 7.68. The van der Waals surface area contributed by atoms with Crippen molar-refractivity contribution in [3.05, 3.63) is 29.3 Å². The van der Waals surface area contributed by atoms with Gasteiger partial charge in [0.2, 0.25) is 5.91 Å². The van der Waals surface area contributed by atoms with Crippen molar-refractivity contribution < 1.29 is 9.53 Å². The van der Waals surface area contributed by atoms with Gasteiger partial charge in [0.15, 0.2) is 0 Å². The van der Waals surface area contributed by atoms with E-state index < -0.39 is 5.38 Å². The van der Waals surface area contributed by atoms with Gasteiger partial charge in [-0.25, -0.2) is 0 Å². The number of ether oxygens (including phenoxy) is 1. The maximum Gasteiger partial charge on any atom is 0.242 e. The Balaban J connectivity index is 2.24. The number of alkyl halides is 1. The maximum atomic E-state index is 11.5. The number of benzene rings is 1. The minimum atomic E-state index is -0.527. The summed E-state index contributed by atoms with van der Waals surface area (Å²) in [7, 11) is 0. The van der Waals surface area contributed by atoms with Crippen molar-refractivity contribution in [1.82, 2.24) is 0 Å². The van der Waals surface area contributed by atoms with Crippen LogP contribution in [0.1, 0.15) is 18.1 Å². The third-order valence-corrected chi connectivity index (χ3v) is 2.85. The molecule has 1 unspecified atom stereocenters. The Kier molecular flexibility index (Phi) is 3.46. The van der Waals surface area contributed by atoms with Crippen molar-refractivity contribution in [1.29, 1.82) is 0 Å². The molecular weight excluding hydrogens is 226 g/mol. The van der Waals surface area contributed by atoms with Crippen LogP contribution in [0.25, 0.3) is 0 Å². The molecule has 1 heterocycles. The Hall–Kier alpha value is -1.06. The van der Waals surface area contributed by atoms with Gasteiger partial charge in [-0.1, -0.05) is 12.1 Å². The molecule has 16 heavy (non-hydrogen) atoms. The van der Waals surface area contributed by atoms with Crippen molar-refractivity contribution in [2.24, 2.45) is 0 Å². The molecule has 0 radical (unpaired) electrons. The second kappa shape index (κ2) is 4.85. The molecule has 2 rings (SSSR count). The molecule has 4 heteroatoms. The van der Waals surface area contributed by atoms with Gasteiger partial charge in [-0.2, -0.15) is 0 Å². The van der Waals surface area contributed by atoms with Gasteiger partial charge in [0.05, 0.1) is 13.2 Å². The molecule has 0 bridgehead atoms. The van der Waals surface area contributed by atoms with E-state index in [0.29, 0.717) is 6.61 Å². The van der Waals surface area contributed by atoms with Crippen LogP contribution < -0.4 is 5.32 Å². The zero-order chi connectivity index (χ0) is 11.5. The van der Waals surface area contributed by atoms with Gasteiger partial charge in [0.1, 0.15) is 5.38 Å². The third-order valence-electron chi connectivity index (χ3n) is 2.65. The minimum Gasteiger partial charge on any atom is -0.376 e. The summed E-state index contributed by atoms with van der Waals surface area (Å²) in [4.78, 5) is 11.5. The Morgan fingerprint density at radius 3 is 3.12 bits per heavy atom.